The summed E-state index contributed by atoms with van der Waals surface area (Å²) in [6.07, 6.45) is 0. The number of carbonyl (C=O) groups is 2. The predicted molar refractivity (Wildman–Crippen MR) is 82.7 cm³/mol. The van der Waals surface area contributed by atoms with Gasteiger partial charge < -0.3 is 14.8 Å². The van der Waals surface area contributed by atoms with Crippen LogP contribution in [0.1, 0.15) is 17.3 Å². The molecule has 0 spiro atoms. The van der Waals surface area contributed by atoms with Gasteiger partial charge in [0.1, 0.15) is 0 Å². The summed E-state index contributed by atoms with van der Waals surface area (Å²) in [6.45, 7) is 3.56. The van der Waals surface area contributed by atoms with Gasteiger partial charge in [0.15, 0.2) is 0 Å². The maximum Gasteiger partial charge on any atom is 0.254 e. The summed E-state index contributed by atoms with van der Waals surface area (Å²) in [5.74, 6) is -0.140. The van der Waals surface area contributed by atoms with E-state index in [0.717, 1.165) is 5.39 Å². The Bertz CT molecular complexity index is 789. The molecule has 0 unspecified atom stereocenters. The van der Waals surface area contributed by atoms with E-state index in [4.69, 9.17) is 0 Å². The molecule has 1 aliphatic rings. The van der Waals surface area contributed by atoms with Crippen LogP contribution in [0.4, 0.5) is 0 Å². The summed E-state index contributed by atoms with van der Waals surface area (Å²) in [4.78, 5) is 42.0. The lowest BCUT2D eigenvalue weighted by Gasteiger charge is -2.34. The summed E-state index contributed by atoms with van der Waals surface area (Å²) >= 11 is 0. The number of fused-ring (bicyclic) bond motifs is 1. The highest BCUT2D eigenvalue weighted by molar-refractivity contribution is 6.06. The number of nitrogens with zero attached hydrogens (tertiary/aromatic N) is 2. The van der Waals surface area contributed by atoms with Crippen LogP contribution in [-0.2, 0) is 4.79 Å². The molecule has 6 heteroatoms. The van der Waals surface area contributed by atoms with E-state index in [-0.39, 0.29) is 17.4 Å². The second kappa shape index (κ2) is 5.63. The van der Waals surface area contributed by atoms with Crippen LogP contribution in [0.15, 0.2) is 35.1 Å². The smallest absolute Gasteiger partial charge is 0.254 e. The Balaban J connectivity index is 1.90. The second-order valence-corrected chi connectivity index (χ2v) is 5.39. The zero-order chi connectivity index (χ0) is 15.7. The number of hydrogen-bond acceptors (Lipinski definition) is 3. The summed E-state index contributed by atoms with van der Waals surface area (Å²) in [6, 6.07) is 8.61. The number of amides is 2. The Morgan fingerprint density at radius 1 is 1.05 bits per heavy atom. The molecule has 0 radical (unpaired) electrons. The number of hydrogen-bond donors (Lipinski definition) is 1. The van der Waals surface area contributed by atoms with Gasteiger partial charge in [-0.05, 0) is 6.07 Å². The molecule has 0 saturated carbocycles. The summed E-state index contributed by atoms with van der Waals surface area (Å²) in [5.41, 5.74) is 0.778. The first-order valence-electron chi connectivity index (χ1n) is 7.23. The molecule has 114 valence electrons. The second-order valence-electron chi connectivity index (χ2n) is 5.39. The lowest BCUT2D eigenvalue weighted by atomic mass is 10.1. The molecular weight excluding hydrogens is 282 g/mol. The van der Waals surface area contributed by atoms with Gasteiger partial charge in [0.05, 0.1) is 5.56 Å². The molecule has 1 aromatic carbocycles. The quantitative estimate of drug-likeness (QED) is 0.847. The SMILES string of the molecule is CC(=O)N1CCN(C(=O)c2cc(=O)[nH]c3ccccc23)CC1. The predicted octanol–water partition coefficient (Wildman–Crippen LogP) is 0.832. The third-order valence-electron chi connectivity index (χ3n) is 3.99. The van der Waals surface area contributed by atoms with Crippen LogP contribution in [0.5, 0.6) is 0 Å². The zero-order valence-electron chi connectivity index (χ0n) is 12.3. The van der Waals surface area contributed by atoms with Gasteiger partial charge in [-0.2, -0.15) is 0 Å². The first-order chi connectivity index (χ1) is 10.6. The van der Waals surface area contributed by atoms with Crippen molar-refractivity contribution in [3.05, 3.63) is 46.2 Å². The van der Waals surface area contributed by atoms with Crippen molar-refractivity contribution in [3.63, 3.8) is 0 Å². The van der Waals surface area contributed by atoms with E-state index in [2.05, 4.69) is 4.98 Å². The van der Waals surface area contributed by atoms with Gasteiger partial charge in [-0.1, -0.05) is 18.2 Å². The average molecular weight is 299 g/mol. The normalized spacial score (nSPS) is 15.1. The molecule has 2 aromatic rings. The van der Waals surface area contributed by atoms with Gasteiger partial charge in [0.25, 0.3) is 5.91 Å². The topological polar surface area (TPSA) is 73.5 Å². The highest BCUT2D eigenvalue weighted by Crippen LogP contribution is 2.17. The maximum absolute atomic E-state index is 12.7. The fraction of sp³-hybridized carbons (Fsp3) is 0.312. The van der Waals surface area contributed by atoms with Crippen molar-refractivity contribution in [2.24, 2.45) is 0 Å². The van der Waals surface area contributed by atoms with Crippen molar-refractivity contribution >= 4 is 22.7 Å². The molecular formula is C16H17N3O3. The first-order valence-corrected chi connectivity index (χ1v) is 7.23. The van der Waals surface area contributed by atoms with Gasteiger partial charge in [0.2, 0.25) is 11.5 Å². The summed E-state index contributed by atoms with van der Waals surface area (Å²) in [5, 5.41) is 0.737. The number of rotatable bonds is 1. The summed E-state index contributed by atoms with van der Waals surface area (Å²) in [7, 11) is 0. The monoisotopic (exact) mass is 299 g/mol. The number of carbonyl (C=O) groups excluding carboxylic acids is 2. The van der Waals surface area contributed by atoms with Gasteiger partial charge in [-0.15, -0.1) is 0 Å². The maximum atomic E-state index is 12.7. The van der Waals surface area contributed by atoms with Crippen molar-refractivity contribution in [1.29, 1.82) is 0 Å². The Morgan fingerprint density at radius 2 is 1.68 bits per heavy atom. The van der Waals surface area contributed by atoms with Crippen molar-refractivity contribution in [3.8, 4) is 0 Å². The average Bonchev–Trinajstić information content (AvgIpc) is 2.53. The number of H-pyrrole nitrogens is 1. The highest BCUT2D eigenvalue weighted by atomic mass is 16.2. The van der Waals surface area contributed by atoms with Crippen LogP contribution in [0.25, 0.3) is 10.9 Å². The number of aromatic amines is 1. The van der Waals surface area contributed by atoms with E-state index in [1.165, 1.54) is 13.0 Å². The van der Waals surface area contributed by atoms with Gasteiger partial charge in [-0.25, -0.2) is 0 Å². The number of aromatic nitrogens is 1. The fourth-order valence-electron chi connectivity index (χ4n) is 2.78. The molecule has 1 aromatic heterocycles. The van der Waals surface area contributed by atoms with E-state index in [9.17, 15) is 14.4 Å². The van der Waals surface area contributed by atoms with Gasteiger partial charge >= 0.3 is 0 Å². The van der Waals surface area contributed by atoms with E-state index in [1.807, 2.05) is 18.2 Å². The molecule has 1 fully saturated rings. The minimum atomic E-state index is -0.288. The molecule has 6 nitrogen and oxygen atoms in total. The molecule has 2 amide bonds. The summed E-state index contributed by atoms with van der Waals surface area (Å²) < 4.78 is 0. The van der Waals surface area contributed by atoms with E-state index in [1.54, 1.807) is 15.9 Å². The Morgan fingerprint density at radius 3 is 2.36 bits per heavy atom. The molecule has 1 N–H and O–H groups in total. The highest BCUT2D eigenvalue weighted by Gasteiger charge is 2.24. The first kappa shape index (κ1) is 14.3. The minimum Gasteiger partial charge on any atom is -0.339 e. The molecule has 0 bridgehead atoms. The minimum absolute atomic E-state index is 0.0219. The van der Waals surface area contributed by atoms with E-state index < -0.39 is 0 Å². The van der Waals surface area contributed by atoms with Gasteiger partial charge in [0, 0.05) is 50.1 Å². The Kier molecular flexibility index (Phi) is 3.66. The molecule has 1 aliphatic heterocycles. The third-order valence-corrected chi connectivity index (χ3v) is 3.99. The van der Waals surface area contributed by atoms with Crippen LogP contribution >= 0.6 is 0 Å². The fourth-order valence-corrected chi connectivity index (χ4v) is 2.78. The molecule has 22 heavy (non-hydrogen) atoms. The number of nitrogens with one attached hydrogen (secondary N) is 1. The Labute approximate surface area is 127 Å². The lowest BCUT2D eigenvalue weighted by Crippen LogP contribution is -2.50. The largest absolute Gasteiger partial charge is 0.339 e. The van der Waals surface area contributed by atoms with E-state index >= 15 is 0 Å². The van der Waals surface area contributed by atoms with Crippen LogP contribution in [-0.4, -0.2) is 52.8 Å². The standard InChI is InChI=1S/C16H17N3O3/c1-11(20)18-6-8-19(9-7-18)16(22)13-10-15(21)17-14-5-3-2-4-12(13)14/h2-5,10H,6-9H2,1H3,(H,17,21). The van der Waals surface area contributed by atoms with Crippen molar-refractivity contribution in [2.45, 2.75) is 6.92 Å². The van der Waals surface area contributed by atoms with Crippen molar-refractivity contribution in [1.82, 2.24) is 14.8 Å². The number of para-hydroxylation sites is 1. The molecule has 2 heterocycles. The van der Waals surface area contributed by atoms with Crippen LogP contribution in [0.3, 0.4) is 0 Å². The van der Waals surface area contributed by atoms with Gasteiger partial charge in [-0.3, -0.25) is 14.4 Å². The molecule has 3 rings (SSSR count). The van der Waals surface area contributed by atoms with E-state index in [0.29, 0.717) is 37.3 Å². The molecule has 1 saturated heterocycles. The zero-order valence-corrected chi connectivity index (χ0v) is 12.3. The number of pyridine rings is 1. The number of piperazine rings is 1. The van der Waals surface area contributed by atoms with Crippen LogP contribution in [0, 0.1) is 0 Å². The van der Waals surface area contributed by atoms with Crippen molar-refractivity contribution in [2.75, 3.05) is 26.2 Å². The third kappa shape index (κ3) is 2.59. The molecule has 0 aliphatic carbocycles. The van der Waals surface area contributed by atoms with Crippen molar-refractivity contribution < 1.29 is 9.59 Å². The lowest BCUT2D eigenvalue weighted by molar-refractivity contribution is -0.130. The Hall–Kier alpha value is -2.63. The number of benzene rings is 1. The molecule has 0 atom stereocenters. The van der Waals surface area contributed by atoms with Crippen LogP contribution in [0.2, 0.25) is 0 Å². The van der Waals surface area contributed by atoms with Crippen LogP contribution < -0.4 is 5.56 Å².